The maximum atomic E-state index is 14.6. The Morgan fingerprint density at radius 1 is 1.10 bits per heavy atom. The zero-order chi connectivity index (χ0) is 14.4. The fraction of sp³-hybridized carbons (Fsp3) is 0.211. The van der Waals surface area contributed by atoms with Crippen LogP contribution < -0.4 is 4.57 Å². The first-order valence-corrected chi connectivity index (χ1v) is 7.37. The summed E-state index contributed by atoms with van der Waals surface area (Å²) in [5, 5.41) is 2.54. The first kappa shape index (κ1) is 11.4. The monoisotopic (exact) mass is 276 g/mol. The van der Waals surface area contributed by atoms with Crippen molar-refractivity contribution in [2.75, 3.05) is 0 Å². The molecule has 0 amide bonds. The fourth-order valence-corrected chi connectivity index (χ4v) is 4.23. The third-order valence-electron chi connectivity index (χ3n) is 5.17. The van der Waals surface area contributed by atoms with E-state index in [-0.39, 0.29) is 11.2 Å². The highest BCUT2D eigenvalue weighted by atomic mass is 19.1. The highest BCUT2D eigenvalue weighted by Gasteiger charge is 2.44. The second kappa shape index (κ2) is 3.33. The largest absolute Gasteiger partial charge is 0.221 e. The minimum atomic E-state index is -0.300. The van der Waals surface area contributed by atoms with Crippen molar-refractivity contribution >= 4 is 10.8 Å². The fourth-order valence-electron chi connectivity index (χ4n) is 4.23. The van der Waals surface area contributed by atoms with Gasteiger partial charge in [-0.05, 0) is 23.1 Å². The van der Waals surface area contributed by atoms with Gasteiger partial charge in [-0.25, -0.2) is 4.39 Å². The lowest BCUT2D eigenvalue weighted by atomic mass is 9.69. The zero-order valence-corrected chi connectivity index (χ0v) is 12.1. The van der Waals surface area contributed by atoms with Crippen LogP contribution in [0.15, 0.2) is 42.6 Å². The van der Waals surface area contributed by atoms with Gasteiger partial charge in [0.25, 0.3) is 0 Å². The first-order valence-electron chi connectivity index (χ1n) is 7.37. The molecule has 1 nitrogen and oxygen atoms in total. The van der Waals surface area contributed by atoms with Gasteiger partial charge in [0.05, 0.1) is 10.9 Å². The van der Waals surface area contributed by atoms with E-state index in [0.717, 1.165) is 17.7 Å². The molecule has 0 bridgehead atoms. The van der Waals surface area contributed by atoms with E-state index in [1.54, 1.807) is 6.07 Å². The molecule has 0 fully saturated rings. The van der Waals surface area contributed by atoms with E-state index in [1.807, 2.05) is 6.07 Å². The van der Waals surface area contributed by atoms with Crippen LogP contribution in [0.1, 0.15) is 30.5 Å². The van der Waals surface area contributed by atoms with Crippen molar-refractivity contribution in [2.24, 2.45) is 0 Å². The summed E-state index contributed by atoms with van der Waals surface area (Å²) in [6.07, 6.45) is 2.13. The zero-order valence-electron chi connectivity index (χ0n) is 12.1. The van der Waals surface area contributed by atoms with Crippen molar-refractivity contribution in [1.29, 1.82) is 0 Å². The molecule has 1 aromatic heterocycles. The number of aromatic nitrogens is 1. The topological polar surface area (TPSA) is 3.88 Å². The maximum absolute atomic E-state index is 14.6. The van der Waals surface area contributed by atoms with E-state index in [1.165, 1.54) is 27.6 Å². The van der Waals surface area contributed by atoms with Crippen LogP contribution in [-0.4, -0.2) is 0 Å². The first-order chi connectivity index (χ1) is 10.1. The third kappa shape index (κ3) is 1.16. The van der Waals surface area contributed by atoms with Crippen molar-refractivity contribution in [1.82, 2.24) is 0 Å². The Labute approximate surface area is 122 Å². The predicted molar refractivity (Wildman–Crippen MR) is 80.8 cm³/mol. The maximum Gasteiger partial charge on any atom is 0.221 e. The van der Waals surface area contributed by atoms with E-state index in [9.17, 15) is 4.39 Å². The molecule has 0 atom stereocenters. The van der Waals surface area contributed by atoms with Crippen molar-refractivity contribution < 1.29 is 8.96 Å². The van der Waals surface area contributed by atoms with Crippen LogP contribution in [0.3, 0.4) is 0 Å². The summed E-state index contributed by atoms with van der Waals surface area (Å²) in [6, 6.07) is 12.1. The predicted octanol–water partition coefficient (Wildman–Crippen LogP) is 3.93. The average Bonchev–Trinajstić information content (AvgIpc) is 2.84. The van der Waals surface area contributed by atoms with Crippen molar-refractivity contribution in [2.45, 2.75) is 25.8 Å². The summed E-state index contributed by atoms with van der Waals surface area (Å²) in [5.41, 5.74) is 5.36. The van der Waals surface area contributed by atoms with Gasteiger partial charge >= 0.3 is 0 Å². The molecular weight excluding hydrogens is 261 g/mol. The minimum Gasteiger partial charge on any atom is -0.207 e. The van der Waals surface area contributed by atoms with Gasteiger partial charge in [0.1, 0.15) is 5.82 Å². The number of pyridine rings is 1. The van der Waals surface area contributed by atoms with E-state index in [0.29, 0.717) is 0 Å². The van der Waals surface area contributed by atoms with Gasteiger partial charge in [0.2, 0.25) is 5.69 Å². The second-order valence-corrected chi connectivity index (χ2v) is 6.64. The molecule has 2 aromatic carbocycles. The summed E-state index contributed by atoms with van der Waals surface area (Å²) < 4.78 is 16.9. The molecule has 5 rings (SSSR count). The van der Waals surface area contributed by atoms with Gasteiger partial charge in [0.15, 0.2) is 12.7 Å². The summed E-state index contributed by atoms with van der Waals surface area (Å²) in [5.74, 6) is -0.0845. The van der Waals surface area contributed by atoms with Crippen LogP contribution in [-0.2, 0) is 12.0 Å². The van der Waals surface area contributed by atoms with Gasteiger partial charge in [-0.3, -0.25) is 0 Å². The number of nitrogens with zero attached hydrogens (tertiary/aromatic N) is 1. The Morgan fingerprint density at radius 3 is 2.81 bits per heavy atom. The highest BCUT2D eigenvalue weighted by molar-refractivity contribution is 6.01. The standard InChI is InChI=1S/C19H15FN/c1-19(2)13-5-3-4-11-8-9-21-10-12-6-7-14(20)17(19)16(12)18(21)15(11)13/h3-9H,10H2,1-2H3/q+1. The van der Waals surface area contributed by atoms with Gasteiger partial charge in [0, 0.05) is 22.6 Å². The number of halogens is 1. The van der Waals surface area contributed by atoms with Gasteiger partial charge in [-0.15, -0.1) is 0 Å². The van der Waals surface area contributed by atoms with Crippen LogP contribution in [0, 0.1) is 5.82 Å². The normalized spacial score (nSPS) is 16.5. The molecule has 1 aliphatic heterocycles. The minimum absolute atomic E-state index is 0.0845. The lowest BCUT2D eigenvalue weighted by Crippen LogP contribution is -2.34. The van der Waals surface area contributed by atoms with Gasteiger partial charge in [-0.2, -0.15) is 4.57 Å². The van der Waals surface area contributed by atoms with E-state index < -0.39 is 0 Å². The molecule has 102 valence electrons. The lowest BCUT2D eigenvalue weighted by molar-refractivity contribution is -0.671. The average molecular weight is 276 g/mol. The smallest absolute Gasteiger partial charge is 0.207 e. The van der Waals surface area contributed by atoms with Crippen LogP contribution in [0.5, 0.6) is 0 Å². The van der Waals surface area contributed by atoms with Crippen LogP contribution >= 0.6 is 0 Å². The molecule has 3 aromatic rings. The van der Waals surface area contributed by atoms with Crippen molar-refractivity contribution in [3.63, 3.8) is 0 Å². The number of hydrogen-bond acceptors (Lipinski definition) is 0. The summed E-state index contributed by atoms with van der Waals surface area (Å²) in [4.78, 5) is 0. The molecule has 0 spiro atoms. The van der Waals surface area contributed by atoms with Crippen LogP contribution in [0.2, 0.25) is 0 Å². The Bertz CT molecular complexity index is 953. The summed E-state index contributed by atoms with van der Waals surface area (Å²) in [6.45, 7) is 5.12. The molecule has 2 aliphatic rings. The molecule has 1 aliphatic carbocycles. The Kier molecular flexibility index (Phi) is 1.81. The van der Waals surface area contributed by atoms with E-state index in [2.05, 4.69) is 48.9 Å². The molecule has 0 saturated carbocycles. The molecule has 2 heteroatoms. The Balaban J connectivity index is 2.14. The quantitative estimate of drug-likeness (QED) is 0.428. The molecule has 0 N–H and O–H groups in total. The molecule has 21 heavy (non-hydrogen) atoms. The van der Waals surface area contributed by atoms with Crippen molar-refractivity contribution in [3.8, 4) is 11.3 Å². The molecule has 0 saturated heterocycles. The Morgan fingerprint density at radius 2 is 1.95 bits per heavy atom. The lowest BCUT2D eigenvalue weighted by Gasteiger charge is -2.32. The number of hydrogen-bond donors (Lipinski definition) is 0. The van der Waals surface area contributed by atoms with E-state index >= 15 is 0 Å². The van der Waals surface area contributed by atoms with Crippen molar-refractivity contribution in [3.05, 3.63) is 65.1 Å². The SMILES string of the molecule is CC1(C)c2c(F)ccc3c2-c2c4c1cccc4cc[n+]2C3. The van der Waals surface area contributed by atoms with Crippen LogP contribution in [0.4, 0.5) is 4.39 Å². The van der Waals surface area contributed by atoms with E-state index in [4.69, 9.17) is 0 Å². The van der Waals surface area contributed by atoms with Gasteiger partial charge < -0.3 is 0 Å². The highest BCUT2D eigenvalue weighted by Crippen LogP contribution is 2.50. The molecule has 0 radical (unpaired) electrons. The molecular formula is C19H15FN+. The summed E-state index contributed by atoms with van der Waals surface area (Å²) >= 11 is 0. The number of rotatable bonds is 0. The number of benzene rings is 2. The van der Waals surface area contributed by atoms with Gasteiger partial charge in [-0.1, -0.05) is 32.0 Å². The Hall–Kier alpha value is -2.22. The third-order valence-corrected chi connectivity index (χ3v) is 5.17. The summed E-state index contributed by atoms with van der Waals surface area (Å²) in [7, 11) is 0. The molecule has 2 heterocycles. The second-order valence-electron chi connectivity index (χ2n) is 6.64. The molecule has 0 unspecified atom stereocenters. The van der Waals surface area contributed by atoms with Crippen LogP contribution in [0.25, 0.3) is 22.0 Å².